The lowest BCUT2D eigenvalue weighted by molar-refractivity contribution is -0.211. The van der Waals surface area contributed by atoms with Crippen molar-refractivity contribution in [2.24, 2.45) is 0 Å². The normalized spacial score (nSPS) is 11.2. The Morgan fingerprint density at radius 3 is 2.60 bits per heavy atom. The van der Waals surface area contributed by atoms with Gasteiger partial charge in [0.15, 0.2) is 0 Å². The molecule has 0 saturated carbocycles. The molecule has 0 saturated heterocycles. The molecule has 82 valence electrons. The van der Waals surface area contributed by atoms with E-state index in [0.29, 0.717) is 6.07 Å². The van der Waals surface area contributed by atoms with Gasteiger partial charge in [-0.15, -0.1) is 0 Å². The van der Waals surface area contributed by atoms with E-state index >= 15 is 0 Å². The van der Waals surface area contributed by atoms with Gasteiger partial charge in [0.2, 0.25) is 0 Å². The highest BCUT2D eigenvalue weighted by molar-refractivity contribution is 9.10. The molecule has 1 aromatic carbocycles. The quantitative estimate of drug-likeness (QED) is 0.928. The number of halogens is 4. The van der Waals surface area contributed by atoms with Crippen molar-refractivity contribution in [3.8, 4) is 5.75 Å². The van der Waals surface area contributed by atoms with Gasteiger partial charge in [-0.1, -0.05) is 0 Å². The number of carbonyl (C=O) groups is 1. The molecule has 1 aromatic rings. The van der Waals surface area contributed by atoms with Gasteiger partial charge in [-0.05, 0) is 28.1 Å². The minimum absolute atomic E-state index is 0.0322. The highest BCUT2D eigenvalue weighted by Crippen LogP contribution is 2.30. The molecule has 3 nitrogen and oxygen atoms in total. The van der Waals surface area contributed by atoms with Crippen molar-refractivity contribution in [1.82, 2.24) is 0 Å². The Morgan fingerprint density at radius 2 is 2.07 bits per heavy atom. The van der Waals surface area contributed by atoms with E-state index in [4.69, 9.17) is 5.11 Å². The van der Waals surface area contributed by atoms with Gasteiger partial charge in [0.25, 0.3) is 0 Å². The summed E-state index contributed by atoms with van der Waals surface area (Å²) in [5.41, 5.74) is 0. The molecule has 0 fully saturated rings. The summed E-state index contributed by atoms with van der Waals surface area (Å²) in [4.78, 5) is 10.0. The van der Waals surface area contributed by atoms with Crippen molar-refractivity contribution in [2.75, 3.05) is 0 Å². The van der Waals surface area contributed by atoms with Gasteiger partial charge in [-0.3, -0.25) is 0 Å². The van der Waals surface area contributed by atoms with E-state index in [1.165, 1.54) is 0 Å². The van der Waals surface area contributed by atoms with Crippen LogP contribution >= 0.6 is 15.9 Å². The Balaban J connectivity index is 2.99. The first-order chi connectivity index (χ1) is 6.83. The third kappa shape index (κ3) is 2.85. The molecule has 0 radical (unpaired) electrons. The fourth-order valence-electron chi connectivity index (χ4n) is 0.737. The third-order valence-electron chi connectivity index (χ3n) is 1.38. The average Bonchev–Trinajstić information content (AvgIpc) is 2.10. The van der Waals surface area contributed by atoms with E-state index in [1.807, 2.05) is 0 Å². The van der Waals surface area contributed by atoms with Crippen LogP contribution in [-0.2, 0) is 4.79 Å². The maximum atomic E-state index is 12.6. The lowest BCUT2D eigenvalue weighted by Crippen LogP contribution is -2.34. The van der Waals surface area contributed by atoms with Crippen molar-refractivity contribution in [2.45, 2.75) is 6.11 Å². The minimum atomic E-state index is -4.39. The summed E-state index contributed by atoms with van der Waals surface area (Å²) in [5, 5.41) is 8.08. The average molecular weight is 285 g/mol. The summed E-state index contributed by atoms with van der Waals surface area (Å²) in [6.45, 7) is 0. The summed E-state index contributed by atoms with van der Waals surface area (Å²) >= 11 is 2.81. The van der Waals surface area contributed by atoms with Crippen LogP contribution in [0.15, 0.2) is 22.7 Å². The molecule has 0 aliphatic heterocycles. The third-order valence-corrected chi connectivity index (χ3v) is 2.04. The van der Waals surface area contributed by atoms with Crippen LogP contribution in [0.5, 0.6) is 5.75 Å². The Labute approximate surface area is 90.6 Å². The summed E-state index contributed by atoms with van der Waals surface area (Å²) < 4.78 is 41.7. The SMILES string of the molecule is O=C(O)C(F)(F)Oc1cc(F)ccc1Br. The zero-order valence-electron chi connectivity index (χ0n) is 7.01. The molecule has 0 aliphatic carbocycles. The number of alkyl halides is 2. The standard InChI is InChI=1S/C8H4BrF3O3/c9-5-2-1-4(10)3-6(5)15-8(11,12)7(13)14/h1-3H,(H,13,14). The van der Waals surface area contributed by atoms with Gasteiger partial charge in [-0.2, -0.15) is 8.78 Å². The molecule has 1 N–H and O–H groups in total. The maximum Gasteiger partial charge on any atom is 0.501 e. The first-order valence-corrected chi connectivity index (χ1v) is 4.37. The molecule has 0 heterocycles. The van der Waals surface area contributed by atoms with Crippen molar-refractivity contribution < 1.29 is 27.8 Å². The largest absolute Gasteiger partial charge is 0.501 e. The summed E-state index contributed by atoms with van der Waals surface area (Å²) in [5.74, 6) is -3.84. The second-order valence-electron chi connectivity index (χ2n) is 2.50. The van der Waals surface area contributed by atoms with Crippen molar-refractivity contribution >= 4 is 21.9 Å². The van der Waals surface area contributed by atoms with Gasteiger partial charge in [0.1, 0.15) is 11.6 Å². The van der Waals surface area contributed by atoms with Crippen LogP contribution in [0.4, 0.5) is 13.2 Å². The number of rotatable bonds is 3. The van der Waals surface area contributed by atoms with Crippen LogP contribution in [0.25, 0.3) is 0 Å². The lowest BCUT2D eigenvalue weighted by Gasteiger charge is -2.14. The molecule has 0 unspecified atom stereocenters. The van der Waals surface area contributed by atoms with Gasteiger partial charge < -0.3 is 9.84 Å². The van der Waals surface area contributed by atoms with E-state index in [2.05, 4.69) is 20.7 Å². The van der Waals surface area contributed by atoms with E-state index in [1.54, 1.807) is 0 Å². The van der Waals surface area contributed by atoms with Crippen LogP contribution in [0.2, 0.25) is 0 Å². The smallest absolute Gasteiger partial charge is 0.474 e. The monoisotopic (exact) mass is 284 g/mol. The Morgan fingerprint density at radius 1 is 1.47 bits per heavy atom. The number of hydrogen-bond donors (Lipinski definition) is 1. The van der Waals surface area contributed by atoms with E-state index in [9.17, 15) is 18.0 Å². The number of benzene rings is 1. The highest BCUT2D eigenvalue weighted by atomic mass is 79.9. The summed E-state index contributed by atoms with van der Waals surface area (Å²) in [6.07, 6.45) is -4.39. The number of ether oxygens (including phenoxy) is 1. The molecule has 0 bridgehead atoms. The Hall–Kier alpha value is -1.24. The molecule has 1 rings (SSSR count). The van der Waals surface area contributed by atoms with Gasteiger partial charge >= 0.3 is 12.1 Å². The van der Waals surface area contributed by atoms with Gasteiger partial charge in [0, 0.05) is 6.07 Å². The second kappa shape index (κ2) is 4.09. The second-order valence-corrected chi connectivity index (χ2v) is 3.35. The zero-order chi connectivity index (χ0) is 11.6. The van der Waals surface area contributed by atoms with Crippen molar-refractivity contribution in [3.05, 3.63) is 28.5 Å². The molecular weight excluding hydrogens is 281 g/mol. The molecule has 0 aliphatic rings. The molecule has 0 aromatic heterocycles. The first kappa shape index (κ1) is 11.8. The van der Waals surface area contributed by atoms with Crippen LogP contribution < -0.4 is 4.74 Å². The summed E-state index contributed by atoms with van der Waals surface area (Å²) in [7, 11) is 0. The number of carboxylic acids is 1. The molecule has 0 spiro atoms. The fraction of sp³-hybridized carbons (Fsp3) is 0.125. The summed E-state index contributed by atoms with van der Waals surface area (Å²) in [6, 6.07) is 2.79. The van der Waals surface area contributed by atoms with Crippen molar-refractivity contribution in [1.29, 1.82) is 0 Å². The Kier molecular flexibility index (Phi) is 3.23. The highest BCUT2D eigenvalue weighted by Gasteiger charge is 2.42. The minimum Gasteiger partial charge on any atom is -0.474 e. The van der Waals surface area contributed by atoms with E-state index < -0.39 is 23.6 Å². The van der Waals surface area contributed by atoms with Crippen LogP contribution in [0.1, 0.15) is 0 Å². The fourth-order valence-corrected chi connectivity index (χ4v) is 1.06. The van der Waals surface area contributed by atoms with Crippen LogP contribution in [0.3, 0.4) is 0 Å². The molecule has 7 heteroatoms. The first-order valence-electron chi connectivity index (χ1n) is 3.58. The van der Waals surface area contributed by atoms with Crippen molar-refractivity contribution in [3.63, 3.8) is 0 Å². The lowest BCUT2D eigenvalue weighted by atomic mass is 10.3. The molecule has 15 heavy (non-hydrogen) atoms. The predicted octanol–water partition coefficient (Wildman–Crippen LogP) is 2.64. The Bertz CT molecular complexity index is 395. The zero-order valence-corrected chi connectivity index (χ0v) is 8.59. The molecular formula is C8H4BrF3O3. The number of aliphatic carboxylic acids is 1. The van der Waals surface area contributed by atoms with E-state index in [0.717, 1.165) is 12.1 Å². The maximum absolute atomic E-state index is 12.6. The number of hydrogen-bond acceptors (Lipinski definition) is 2. The molecule has 0 atom stereocenters. The van der Waals surface area contributed by atoms with E-state index in [-0.39, 0.29) is 4.47 Å². The predicted molar refractivity (Wildman–Crippen MR) is 47.3 cm³/mol. The van der Waals surface area contributed by atoms with Gasteiger partial charge in [0.05, 0.1) is 4.47 Å². The number of carboxylic acid groups (broad SMARTS) is 1. The van der Waals surface area contributed by atoms with Gasteiger partial charge in [-0.25, -0.2) is 9.18 Å². The topological polar surface area (TPSA) is 46.5 Å². The molecule has 0 amide bonds. The van der Waals surface area contributed by atoms with Crippen LogP contribution in [0, 0.1) is 5.82 Å². The van der Waals surface area contributed by atoms with Crippen LogP contribution in [-0.4, -0.2) is 17.2 Å².